The van der Waals surface area contributed by atoms with Gasteiger partial charge in [-0.3, -0.25) is 29.0 Å². The van der Waals surface area contributed by atoms with Gasteiger partial charge in [0, 0.05) is 61.6 Å². The average molecular weight is 624 g/mol. The Kier molecular flexibility index (Phi) is 7.63. The minimum atomic E-state index is -0.272. The second-order valence-electron chi connectivity index (χ2n) is 12.3. The molecule has 47 heavy (non-hydrogen) atoms. The molecule has 0 spiro atoms. The molecule has 2 aliphatic heterocycles. The Labute approximate surface area is 274 Å². The predicted octanol–water partition coefficient (Wildman–Crippen LogP) is 9.03. The number of benzene rings is 5. The van der Waals surface area contributed by atoms with Crippen LogP contribution in [0.5, 0.6) is 0 Å². The zero-order valence-corrected chi connectivity index (χ0v) is 27.1. The molecule has 0 saturated carbocycles. The van der Waals surface area contributed by atoms with Crippen molar-refractivity contribution in [2.24, 2.45) is 0 Å². The van der Waals surface area contributed by atoms with E-state index in [4.69, 9.17) is 0 Å². The molecular weight excluding hydrogens is 586 g/mol. The molecule has 7 nitrogen and oxygen atoms in total. The minimum Gasteiger partial charge on any atom is -0.309 e. The Morgan fingerprint density at radius 2 is 0.851 bits per heavy atom. The highest BCUT2D eigenvalue weighted by Crippen LogP contribution is 2.46. The number of anilines is 3. The number of rotatable bonds is 9. The first-order chi connectivity index (χ1) is 22.9. The van der Waals surface area contributed by atoms with Crippen molar-refractivity contribution in [3.8, 4) is 0 Å². The molecule has 0 saturated heterocycles. The van der Waals surface area contributed by atoms with E-state index < -0.39 is 0 Å². The standard InChI is InChI=1S/C40H37N3O4/c1-5-24(6-2)42-37(44)29-18-12-16-27-33(22-20-31(35(27)29)39(42)46)41(26-14-10-9-11-15-26)34-23-21-32-36-28(34)17-13-19-30(36)38(45)43(40(32)47)25(7-3)8-4/h9-25H,5-8H2,1-4H3. The van der Waals surface area contributed by atoms with E-state index in [1.165, 1.54) is 9.80 Å². The van der Waals surface area contributed by atoms with Gasteiger partial charge in [0.05, 0.1) is 11.4 Å². The molecular formula is C40H37N3O4. The van der Waals surface area contributed by atoms with E-state index >= 15 is 0 Å². The van der Waals surface area contributed by atoms with Crippen LogP contribution in [0.4, 0.5) is 17.1 Å². The van der Waals surface area contributed by atoms with Gasteiger partial charge in [0.15, 0.2) is 0 Å². The van der Waals surface area contributed by atoms with Crippen molar-refractivity contribution in [2.75, 3.05) is 4.90 Å². The zero-order valence-electron chi connectivity index (χ0n) is 27.1. The summed E-state index contributed by atoms with van der Waals surface area (Å²) in [6.45, 7) is 7.99. The van der Waals surface area contributed by atoms with Gasteiger partial charge in [-0.15, -0.1) is 0 Å². The van der Waals surface area contributed by atoms with Crippen LogP contribution in [-0.4, -0.2) is 45.5 Å². The van der Waals surface area contributed by atoms with Gasteiger partial charge >= 0.3 is 0 Å². The number of para-hydroxylation sites is 1. The quantitative estimate of drug-likeness (QED) is 0.153. The summed E-state index contributed by atoms with van der Waals surface area (Å²) in [5, 5.41) is 2.80. The number of carbonyl (C=O) groups excluding carboxylic acids is 4. The van der Waals surface area contributed by atoms with E-state index in [0.29, 0.717) is 58.7 Å². The van der Waals surface area contributed by atoms with Gasteiger partial charge in [-0.1, -0.05) is 70.2 Å². The second-order valence-corrected chi connectivity index (χ2v) is 12.3. The summed E-state index contributed by atoms with van der Waals surface area (Å²) >= 11 is 0. The first-order valence-corrected chi connectivity index (χ1v) is 16.6. The van der Waals surface area contributed by atoms with Crippen molar-refractivity contribution < 1.29 is 19.2 Å². The van der Waals surface area contributed by atoms with Crippen molar-refractivity contribution in [2.45, 2.75) is 65.5 Å². The molecule has 236 valence electrons. The van der Waals surface area contributed by atoms with E-state index in [1.807, 2.05) is 107 Å². The van der Waals surface area contributed by atoms with E-state index in [2.05, 4.69) is 4.90 Å². The maximum atomic E-state index is 13.9. The largest absolute Gasteiger partial charge is 0.309 e. The van der Waals surface area contributed by atoms with Crippen molar-refractivity contribution in [1.82, 2.24) is 9.80 Å². The molecule has 2 heterocycles. The molecule has 0 N–H and O–H groups in total. The van der Waals surface area contributed by atoms with Crippen LogP contribution in [0.15, 0.2) is 91.0 Å². The number of amides is 4. The fourth-order valence-electron chi connectivity index (χ4n) is 7.54. The molecule has 0 aromatic heterocycles. The van der Waals surface area contributed by atoms with Crippen molar-refractivity contribution in [3.05, 3.63) is 113 Å². The lowest BCUT2D eigenvalue weighted by atomic mass is 9.89. The van der Waals surface area contributed by atoms with E-state index in [9.17, 15) is 19.2 Å². The summed E-state index contributed by atoms with van der Waals surface area (Å²) in [7, 11) is 0. The van der Waals surface area contributed by atoms with Crippen molar-refractivity contribution in [1.29, 1.82) is 0 Å². The van der Waals surface area contributed by atoms with Crippen LogP contribution in [-0.2, 0) is 0 Å². The smallest absolute Gasteiger partial charge is 0.261 e. The maximum Gasteiger partial charge on any atom is 0.261 e. The fraction of sp³-hybridized carbons (Fsp3) is 0.250. The molecule has 5 aromatic carbocycles. The second kappa shape index (κ2) is 11.8. The molecule has 0 fully saturated rings. The number of nitrogens with zero attached hydrogens (tertiary/aromatic N) is 3. The minimum absolute atomic E-state index is 0.178. The van der Waals surface area contributed by atoms with Crippen molar-refractivity contribution >= 4 is 62.2 Å². The van der Waals surface area contributed by atoms with Crippen LogP contribution in [0.3, 0.4) is 0 Å². The van der Waals surface area contributed by atoms with E-state index in [-0.39, 0.29) is 35.7 Å². The zero-order chi connectivity index (χ0) is 33.0. The third-order valence-electron chi connectivity index (χ3n) is 9.94. The number of hydrogen-bond acceptors (Lipinski definition) is 5. The highest BCUT2D eigenvalue weighted by Gasteiger charge is 2.39. The molecule has 0 unspecified atom stereocenters. The summed E-state index contributed by atoms with van der Waals surface area (Å²) < 4.78 is 0. The lowest BCUT2D eigenvalue weighted by Gasteiger charge is -2.35. The topological polar surface area (TPSA) is 78.0 Å². The van der Waals surface area contributed by atoms with Crippen LogP contribution < -0.4 is 4.90 Å². The summed E-state index contributed by atoms with van der Waals surface area (Å²) in [6.07, 6.45) is 2.74. The van der Waals surface area contributed by atoms with Crippen molar-refractivity contribution in [3.63, 3.8) is 0 Å². The first kappa shape index (κ1) is 30.4. The first-order valence-electron chi connectivity index (χ1n) is 16.6. The van der Waals surface area contributed by atoms with Gasteiger partial charge in [-0.2, -0.15) is 0 Å². The maximum absolute atomic E-state index is 13.9. The molecule has 5 aromatic rings. The monoisotopic (exact) mass is 623 g/mol. The Morgan fingerprint density at radius 1 is 0.468 bits per heavy atom. The Morgan fingerprint density at radius 3 is 1.23 bits per heavy atom. The van der Waals surface area contributed by atoms with Gasteiger partial charge in [-0.25, -0.2) is 0 Å². The predicted molar refractivity (Wildman–Crippen MR) is 186 cm³/mol. The average Bonchev–Trinajstić information content (AvgIpc) is 3.10. The van der Waals surface area contributed by atoms with Gasteiger partial charge < -0.3 is 4.90 Å². The molecule has 4 amide bonds. The fourth-order valence-corrected chi connectivity index (χ4v) is 7.54. The molecule has 0 radical (unpaired) electrons. The van der Waals surface area contributed by atoms with Gasteiger partial charge in [-0.05, 0) is 74.2 Å². The SMILES string of the molecule is CCC(CC)N1C(=O)c2cccc3c(N(c4ccccc4)c4ccc5c6c(cccc46)C(=O)N(C(CC)CC)C5=O)ccc(c23)C1=O. The summed E-state index contributed by atoms with van der Waals surface area (Å²) in [4.78, 5) is 60.5. The highest BCUT2D eigenvalue weighted by atomic mass is 16.2. The lowest BCUT2D eigenvalue weighted by Crippen LogP contribution is -2.46. The van der Waals surface area contributed by atoms with Crippen LogP contribution in [0.2, 0.25) is 0 Å². The molecule has 7 heteroatoms. The summed E-state index contributed by atoms with van der Waals surface area (Å²) in [5.41, 5.74) is 4.44. The van der Waals surface area contributed by atoms with Gasteiger partial charge in [0.2, 0.25) is 0 Å². The third-order valence-corrected chi connectivity index (χ3v) is 9.94. The molecule has 0 bridgehead atoms. The Bertz CT molecular complexity index is 1920. The molecule has 7 rings (SSSR count). The van der Waals surface area contributed by atoms with Crippen LogP contribution in [0.25, 0.3) is 21.5 Å². The summed E-state index contributed by atoms with van der Waals surface area (Å²) in [5.74, 6) is -1.09. The molecule has 0 aliphatic carbocycles. The summed E-state index contributed by atoms with van der Waals surface area (Å²) in [6, 6.07) is 28.3. The molecule has 0 atom stereocenters. The highest BCUT2D eigenvalue weighted by molar-refractivity contribution is 6.29. The van der Waals surface area contributed by atoms with Crippen LogP contribution in [0.1, 0.15) is 94.8 Å². The lowest BCUT2D eigenvalue weighted by molar-refractivity contribution is 0.0514. The Hall–Kier alpha value is -5.30. The van der Waals surface area contributed by atoms with Crippen LogP contribution >= 0.6 is 0 Å². The van der Waals surface area contributed by atoms with E-state index in [1.54, 1.807) is 12.1 Å². The number of carbonyl (C=O) groups is 4. The third kappa shape index (κ3) is 4.48. The van der Waals surface area contributed by atoms with Gasteiger partial charge in [0.1, 0.15) is 0 Å². The van der Waals surface area contributed by atoms with Gasteiger partial charge in [0.25, 0.3) is 23.6 Å². The van der Waals surface area contributed by atoms with Crippen LogP contribution in [0, 0.1) is 0 Å². The Balaban J connectivity index is 1.47. The normalized spacial score (nSPS) is 14.3. The number of hydrogen-bond donors (Lipinski definition) is 0. The molecule has 2 aliphatic rings. The number of imide groups is 2. The van der Waals surface area contributed by atoms with E-state index in [0.717, 1.165) is 27.8 Å².